The van der Waals surface area contributed by atoms with Crippen molar-refractivity contribution in [2.45, 2.75) is 13.3 Å². The standard InChI is InChI=1S/C14H14N4O/c1-9-8-12(14-17-13(6-7-15)19-18-14)16-11-5-3-2-4-10(9)11/h2-5,8H,6-7,15H2,1H3. The van der Waals surface area contributed by atoms with Crippen LogP contribution in [-0.4, -0.2) is 21.7 Å². The normalized spacial score (nSPS) is 11.1. The van der Waals surface area contributed by atoms with Gasteiger partial charge in [0.05, 0.1) is 5.52 Å². The minimum atomic E-state index is 0.492. The number of hydrogen-bond acceptors (Lipinski definition) is 5. The number of nitrogens with two attached hydrogens (primary N) is 1. The summed E-state index contributed by atoms with van der Waals surface area (Å²) in [7, 11) is 0. The van der Waals surface area contributed by atoms with Gasteiger partial charge in [-0.05, 0) is 24.6 Å². The first kappa shape index (κ1) is 11.8. The molecule has 0 fully saturated rings. The molecular formula is C14H14N4O. The van der Waals surface area contributed by atoms with E-state index in [1.165, 1.54) is 0 Å². The molecule has 2 heterocycles. The number of nitrogens with zero attached hydrogens (tertiary/aromatic N) is 3. The van der Waals surface area contributed by atoms with E-state index in [0.717, 1.165) is 22.2 Å². The number of fused-ring (bicyclic) bond motifs is 1. The maximum absolute atomic E-state index is 5.46. The van der Waals surface area contributed by atoms with Gasteiger partial charge in [0.1, 0.15) is 5.69 Å². The van der Waals surface area contributed by atoms with E-state index in [0.29, 0.717) is 24.7 Å². The fourth-order valence-electron chi connectivity index (χ4n) is 2.05. The van der Waals surface area contributed by atoms with Gasteiger partial charge in [0.2, 0.25) is 11.7 Å². The monoisotopic (exact) mass is 254 g/mol. The summed E-state index contributed by atoms with van der Waals surface area (Å²) in [6.07, 6.45) is 0.583. The van der Waals surface area contributed by atoms with E-state index in [2.05, 4.69) is 21.2 Å². The van der Waals surface area contributed by atoms with Gasteiger partial charge in [-0.2, -0.15) is 4.98 Å². The van der Waals surface area contributed by atoms with Gasteiger partial charge in [-0.3, -0.25) is 0 Å². The van der Waals surface area contributed by atoms with Gasteiger partial charge in [-0.15, -0.1) is 0 Å². The zero-order chi connectivity index (χ0) is 13.2. The summed E-state index contributed by atoms with van der Waals surface area (Å²) >= 11 is 0. The molecule has 19 heavy (non-hydrogen) atoms. The Morgan fingerprint density at radius 3 is 2.89 bits per heavy atom. The van der Waals surface area contributed by atoms with Crippen LogP contribution in [0, 0.1) is 6.92 Å². The van der Waals surface area contributed by atoms with E-state index in [1.807, 2.05) is 31.2 Å². The predicted molar refractivity (Wildman–Crippen MR) is 72.5 cm³/mol. The molecule has 96 valence electrons. The number of hydrogen-bond donors (Lipinski definition) is 1. The van der Waals surface area contributed by atoms with Crippen LogP contribution < -0.4 is 5.73 Å². The molecule has 1 aromatic carbocycles. The van der Waals surface area contributed by atoms with E-state index in [4.69, 9.17) is 10.3 Å². The molecule has 0 aliphatic carbocycles. The highest BCUT2D eigenvalue weighted by molar-refractivity contribution is 5.84. The van der Waals surface area contributed by atoms with Crippen molar-refractivity contribution in [3.8, 4) is 11.5 Å². The average molecular weight is 254 g/mol. The van der Waals surface area contributed by atoms with Gasteiger partial charge < -0.3 is 10.3 Å². The van der Waals surface area contributed by atoms with Crippen molar-refractivity contribution < 1.29 is 4.52 Å². The number of rotatable bonds is 3. The molecule has 0 spiro atoms. The highest BCUT2D eigenvalue weighted by Crippen LogP contribution is 2.22. The molecule has 0 radical (unpaired) electrons. The zero-order valence-electron chi connectivity index (χ0n) is 10.6. The summed E-state index contributed by atoms with van der Waals surface area (Å²) in [5.41, 5.74) is 8.27. The minimum absolute atomic E-state index is 0.492. The van der Waals surface area contributed by atoms with E-state index >= 15 is 0 Å². The molecule has 0 amide bonds. The second-order valence-electron chi connectivity index (χ2n) is 4.39. The quantitative estimate of drug-likeness (QED) is 0.774. The van der Waals surface area contributed by atoms with E-state index in [9.17, 15) is 0 Å². The summed E-state index contributed by atoms with van der Waals surface area (Å²) in [6, 6.07) is 9.97. The number of aryl methyl sites for hydroxylation is 1. The highest BCUT2D eigenvalue weighted by atomic mass is 16.5. The lowest BCUT2D eigenvalue weighted by Crippen LogP contribution is -2.02. The molecule has 0 atom stereocenters. The molecule has 5 nitrogen and oxygen atoms in total. The van der Waals surface area contributed by atoms with Crippen molar-refractivity contribution in [3.63, 3.8) is 0 Å². The molecule has 2 N–H and O–H groups in total. The first-order valence-electron chi connectivity index (χ1n) is 6.17. The maximum Gasteiger partial charge on any atom is 0.228 e. The Balaban J connectivity index is 2.09. The predicted octanol–water partition coefficient (Wildman–Crippen LogP) is 2.09. The molecular weight excluding hydrogens is 240 g/mol. The third-order valence-electron chi connectivity index (χ3n) is 2.98. The molecule has 0 saturated carbocycles. The highest BCUT2D eigenvalue weighted by Gasteiger charge is 2.11. The molecule has 3 rings (SSSR count). The molecule has 0 aliphatic heterocycles. The van der Waals surface area contributed by atoms with Crippen LogP contribution in [0.15, 0.2) is 34.9 Å². The lowest BCUT2D eigenvalue weighted by atomic mass is 10.1. The Morgan fingerprint density at radius 1 is 1.21 bits per heavy atom. The Bertz CT molecular complexity index is 720. The van der Waals surface area contributed by atoms with Crippen molar-refractivity contribution in [2.75, 3.05) is 6.54 Å². The van der Waals surface area contributed by atoms with E-state index in [1.54, 1.807) is 0 Å². The van der Waals surface area contributed by atoms with E-state index < -0.39 is 0 Å². The lowest BCUT2D eigenvalue weighted by molar-refractivity contribution is 0.380. The summed E-state index contributed by atoms with van der Waals surface area (Å²) in [5.74, 6) is 1.06. The lowest BCUT2D eigenvalue weighted by Gasteiger charge is -2.03. The van der Waals surface area contributed by atoms with Gasteiger partial charge in [-0.1, -0.05) is 23.4 Å². The number of pyridine rings is 1. The van der Waals surface area contributed by atoms with Crippen molar-refractivity contribution in [1.82, 2.24) is 15.1 Å². The fourth-order valence-corrected chi connectivity index (χ4v) is 2.05. The Labute approximate surface area is 110 Å². The van der Waals surface area contributed by atoms with Gasteiger partial charge >= 0.3 is 0 Å². The van der Waals surface area contributed by atoms with Crippen LogP contribution in [-0.2, 0) is 6.42 Å². The first-order chi connectivity index (χ1) is 9.28. The summed E-state index contributed by atoms with van der Waals surface area (Å²) in [4.78, 5) is 8.86. The van der Waals surface area contributed by atoms with Crippen LogP contribution in [0.4, 0.5) is 0 Å². The molecule has 0 saturated heterocycles. The summed E-state index contributed by atoms with van der Waals surface area (Å²) in [5, 5.41) is 5.08. The van der Waals surface area contributed by atoms with Crippen molar-refractivity contribution in [3.05, 3.63) is 41.8 Å². The second kappa shape index (κ2) is 4.78. The Hall–Kier alpha value is -2.27. The fraction of sp³-hybridized carbons (Fsp3) is 0.214. The van der Waals surface area contributed by atoms with Crippen LogP contribution in [0.1, 0.15) is 11.5 Å². The minimum Gasteiger partial charge on any atom is -0.339 e. The van der Waals surface area contributed by atoms with Crippen LogP contribution in [0.3, 0.4) is 0 Å². The third-order valence-corrected chi connectivity index (χ3v) is 2.98. The van der Waals surface area contributed by atoms with Gasteiger partial charge in [-0.25, -0.2) is 4.98 Å². The Morgan fingerprint density at radius 2 is 2.05 bits per heavy atom. The molecule has 5 heteroatoms. The van der Waals surface area contributed by atoms with E-state index in [-0.39, 0.29) is 0 Å². The molecule has 0 bridgehead atoms. The summed E-state index contributed by atoms with van der Waals surface area (Å²) < 4.78 is 5.13. The molecule has 2 aromatic heterocycles. The topological polar surface area (TPSA) is 77.8 Å². The SMILES string of the molecule is Cc1cc(-c2noc(CCN)n2)nc2ccccc12. The smallest absolute Gasteiger partial charge is 0.228 e. The van der Waals surface area contributed by atoms with Crippen molar-refractivity contribution >= 4 is 10.9 Å². The average Bonchev–Trinajstić information content (AvgIpc) is 2.88. The van der Waals surface area contributed by atoms with Crippen LogP contribution in [0.25, 0.3) is 22.4 Å². The van der Waals surface area contributed by atoms with Crippen LogP contribution in [0.5, 0.6) is 0 Å². The van der Waals surface area contributed by atoms with Crippen molar-refractivity contribution in [1.29, 1.82) is 0 Å². The first-order valence-corrected chi connectivity index (χ1v) is 6.17. The maximum atomic E-state index is 5.46. The van der Waals surface area contributed by atoms with Crippen molar-refractivity contribution in [2.24, 2.45) is 5.73 Å². The van der Waals surface area contributed by atoms with Crippen LogP contribution in [0.2, 0.25) is 0 Å². The molecule has 3 aromatic rings. The van der Waals surface area contributed by atoms with Gasteiger partial charge in [0.15, 0.2) is 0 Å². The van der Waals surface area contributed by atoms with Crippen LogP contribution >= 0.6 is 0 Å². The molecule has 0 unspecified atom stereocenters. The third kappa shape index (κ3) is 2.20. The zero-order valence-corrected chi connectivity index (χ0v) is 10.6. The number of para-hydroxylation sites is 1. The molecule has 0 aliphatic rings. The number of benzene rings is 1. The largest absolute Gasteiger partial charge is 0.339 e. The Kier molecular flexibility index (Phi) is 2.97. The summed E-state index contributed by atoms with van der Waals surface area (Å²) in [6.45, 7) is 2.54. The number of aromatic nitrogens is 3. The second-order valence-corrected chi connectivity index (χ2v) is 4.39. The van der Waals surface area contributed by atoms with Gasteiger partial charge in [0, 0.05) is 18.4 Å². The van der Waals surface area contributed by atoms with Gasteiger partial charge in [0.25, 0.3) is 0 Å².